The molecule has 4 N–H and O–H groups in total. The molecule has 0 saturated carbocycles. The van der Waals surface area contributed by atoms with Crippen LogP contribution < -0.4 is 16.2 Å². The molecular weight excluding hydrogens is 249 g/mol. The molecule has 1 aromatic rings. The number of hydrogen-bond acceptors (Lipinski definition) is 4. The fourth-order valence-electron chi connectivity index (χ4n) is 1.20. The molecule has 0 atom stereocenters. The van der Waals surface area contributed by atoms with Gasteiger partial charge >= 0.3 is 6.36 Å². The predicted molar refractivity (Wildman–Crippen MR) is 48.2 cm³/mol. The van der Waals surface area contributed by atoms with E-state index >= 15 is 0 Å². The highest BCUT2D eigenvalue weighted by atomic mass is 19.4. The van der Waals surface area contributed by atoms with E-state index in [1.807, 2.05) is 0 Å². The lowest BCUT2D eigenvalue weighted by molar-refractivity contribution is -0.275. The minimum absolute atomic E-state index is 0.380. The standard InChI is InChI=1S/C8H8F5N3O/c9-7(10)6-3(2-14)16-5(15)1-4(6)17-8(11,12)13/h1,7H,2,14H2,(H2,15,16). The van der Waals surface area contributed by atoms with E-state index in [1.165, 1.54) is 0 Å². The second kappa shape index (κ2) is 4.70. The van der Waals surface area contributed by atoms with Crippen LogP contribution in [0, 0.1) is 0 Å². The number of hydrogen-bond donors (Lipinski definition) is 2. The van der Waals surface area contributed by atoms with Gasteiger partial charge in [-0.15, -0.1) is 13.2 Å². The molecule has 0 aliphatic heterocycles. The molecule has 1 heterocycles. The molecule has 9 heteroatoms. The van der Waals surface area contributed by atoms with Crippen molar-refractivity contribution in [2.45, 2.75) is 19.3 Å². The summed E-state index contributed by atoms with van der Waals surface area (Å²) < 4.78 is 64.6. The molecule has 0 radical (unpaired) electrons. The van der Waals surface area contributed by atoms with Gasteiger partial charge in [-0.1, -0.05) is 0 Å². The lowest BCUT2D eigenvalue weighted by Gasteiger charge is -2.15. The van der Waals surface area contributed by atoms with Gasteiger partial charge in [0, 0.05) is 12.6 Å². The van der Waals surface area contributed by atoms with E-state index in [0.717, 1.165) is 0 Å². The first-order chi connectivity index (χ1) is 7.74. The minimum Gasteiger partial charge on any atom is -0.405 e. The van der Waals surface area contributed by atoms with E-state index in [2.05, 4.69) is 9.72 Å². The zero-order valence-corrected chi connectivity index (χ0v) is 8.26. The summed E-state index contributed by atoms with van der Waals surface area (Å²) >= 11 is 0. The molecule has 0 aromatic carbocycles. The van der Waals surface area contributed by atoms with Crippen LogP contribution in [0.3, 0.4) is 0 Å². The highest BCUT2D eigenvalue weighted by molar-refractivity contribution is 5.46. The van der Waals surface area contributed by atoms with Crippen LogP contribution in [-0.2, 0) is 6.54 Å². The van der Waals surface area contributed by atoms with Gasteiger partial charge in [-0.25, -0.2) is 13.8 Å². The smallest absolute Gasteiger partial charge is 0.405 e. The number of pyridine rings is 1. The van der Waals surface area contributed by atoms with E-state index in [9.17, 15) is 22.0 Å². The molecule has 0 bridgehead atoms. The van der Waals surface area contributed by atoms with Crippen molar-refractivity contribution in [3.63, 3.8) is 0 Å². The van der Waals surface area contributed by atoms with Crippen LogP contribution in [0.1, 0.15) is 17.7 Å². The first-order valence-electron chi connectivity index (χ1n) is 4.28. The number of aromatic nitrogens is 1. The third-order valence-electron chi connectivity index (χ3n) is 1.76. The third kappa shape index (κ3) is 3.41. The van der Waals surface area contributed by atoms with E-state index in [1.54, 1.807) is 0 Å². The maximum atomic E-state index is 12.6. The summed E-state index contributed by atoms with van der Waals surface area (Å²) in [5, 5.41) is 0. The topological polar surface area (TPSA) is 74.2 Å². The van der Waals surface area contributed by atoms with Gasteiger partial charge in [-0.05, 0) is 0 Å². The molecular formula is C8H8F5N3O. The Bertz CT molecular complexity index is 407. The SMILES string of the molecule is NCc1nc(N)cc(OC(F)(F)F)c1C(F)F. The van der Waals surface area contributed by atoms with E-state index in [4.69, 9.17) is 11.5 Å². The van der Waals surface area contributed by atoms with E-state index < -0.39 is 36.3 Å². The van der Waals surface area contributed by atoms with E-state index in [-0.39, 0.29) is 5.82 Å². The summed E-state index contributed by atoms with van der Waals surface area (Å²) in [5.74, 6) is -1.46. The number of rotatable bonds is 3. The van der Waals surface area contributed by atoms with Gasteiger partial charge in [0.15, 0.2) is 0 Å². The number of halogens is 5. The number of nitrogen functional groups attached to an aromatic ring is 1. The summed E-state index contributed by atoms with van der Waals surface area (Å²) in [6, 6.07) is 0.578. The lowest BCUT2D eigenvalue weighted by atomic mass is 10.1. The summed E-state index contributed by atoms with van der Waals surface area (Å²) in [5.41, 5.74) is 8.83. The quantitative estimate of drug-likeness (QED) is 0.812. The number of nitrogens with two attached hydrogens (primary N) is 2. The second-order valence-electron chi connectivity index (χ2n) is 2.96. The first-order valence-corrected chi connectivity index (χ1v) is 4.28. The summed E-state index contributed by atoms with van der Waals surface area (Å²) in [7, 11) is 0. The second-order valence-corrected chi connectivity index (χ2v) is 2.96. The molecule has 4 nitrogen and oxygen atoms in total. The van der Waals surface area contributed by atoms with Crippen molar-refractivity contribution in [3.05, 3.63) is 17.3 Å². The molecule has 1 rings (SSSR count). The van der Waals surface area contributed by atoms with Crippen molar-refractivity contribution >= 4 is 5.82 Å². The summed E-state index contributed by atoms with van der Waals surface area (Å²) in [6.07, 6.45) is -8.29. The van der Waals surface area contributed by atoms with Crippen molar-refractivity contribution in [2.75, 3.05) is 5.73 Å². The van der Waals surface area contributed by atoms with Crippen molar-refractivity contribution in [1.82, 2.24) is 4.98 Å². The Balaban J connectivity index is 3.30. The van der Waals surface area contributed by atoms with Gasteiger partial charge in [-0.2, -0.15) is 0 Å². The monoisotopic (exact) mass is 257 g/mol. The van der Waals surface area contributed by atoms with Gasteiger partial charge in [0.25, 0.3) is 6.43 Å². The van der Waals surface area contributed by atoms with Crippen LogP contribution in [0.5, 0.6) is 5.75 Å². The molecule has 1 aromatic heterocycles. The van der Waals surface area contributed by atoms with Gasteiger partial charge in [0.2, 0.25) is 0 Å². The molecule has 17 heavy (non-hydrogen) atoms. The van der Waals surface area contributed by atoms with Gasteiger partial charge in [0.1, 0.15) is 11.6 Å². The molecule has 0 unspecified atom stereocenters. The van der Waals surface area contributed by atoms with Gasteiger partial charge in [-0.3, -0.25) is 0 Å². The molecule has 0 aliphatic carbocycles. The Morgan fingerprint density at radius 3 is 2.35 bits per heavy atom. The van der Waals surface area contributed by atoms with Crippen molar-refractivity contribution in [3.8, 4) is 5.75 Å². The number of nitrogens with zero attached hydrogens (tertiary/aromatic N) is 1. The van der Waals surface area contributed by atoms with Crippen molar-refractivity contribution in [1.29, 1.82) is 0 Å². The average Bonchev–Trinajstić information content (AvgIpc) is 2.12. The van der Waals surface area contributed by atoms with Crippen LogP contribution in [0.2, 0.25) is 0 Å². The number of alkyl halides is 5. The Labute approximate surface area is 92.4 Å². The molecule has 0 amide bonds. The fourth-order valence-corrected chi connectivity index (χ4v) is 1.20. The third-order valence-corrected chi connectivity index (χ3v) is 1.76. The van der Waals surface area contributed by atoms with Crippen molar-refractivity contribution < 1.29 is 26.7 Å². The fraction of sp³-hybridized carbons (Fsp3) is 0.375. The summed E-state index contributed by atoms with van der Waals surface area (Å²) in [4.78, 5) is 3.43. The summed E-state index contributed by atoms with van der Waals surface area (Å²) in [6.45, 7) is -0.473. The largest absolute Gasteiger partial charge is 0.573 e. The number of anilines is 1. The van der Waals surface area contributed by atoms with Crippen LogP contribution in [-0.4, -0.2) is 11.3 Å². The molecule has 0 saturated heterocycles. The zero-order chi connectivity index (χ0) is 13.2. The van der Waals surface area contributed by atoms with Crippen LogP contribution in [0.4, 0.5) is 27.8 Å². The normalized spacial score (nSPS) is 11.9. The Kier molecular flexibility index (Phi) is 3.71. The molecule has 0 fully saturated rings. The van der Waals surface area contributed by atoms with Crippen LogP contribution in [0.15, 0.2) is 6.07 Å². The maximum Gasteiger partial charge on any atom is 0.573 e. The Morgan fingerprint density at radius 1 is 1.35 bits per heavy atom. The Morgan fingerprint density at radius 2 is 1.94 bits per heavy atom. The van der Waals surface area contributed by atoms with Crippen molar-refractivity contribution in [2.24, 2.45) is 5.73 Å². The van der Waals surface area contributed by atoms with Gasteiger partial charge in [0.05, 0.1) is 11.3 Å². The highest BCUT2D eigenvalue weighted by Crippen LogP contribution is 2.35. The maximum absolute atomic E-state index is 12.6. The van der Waals surface area contributed by atoms with Gasteiger partial charge < -0.3 is 16.2 Å². The molecule has 0 aliphatic rings. The van der Waals surface area contributed by atoms with E-state index in [0.29, 0.717) is 6.07 Å². The molecule has 96 valence electrons. The van der Waals surface area contributed by atoms with Crippen LogP contribution >= 0.6 is 0 Å². The molecule has 0 spiro atoms. The number of ether oxygens (including phenoxy) is 1. The Hall–Kier alpha value is -1.64. The van der Waals surface area contributed by atoms with Crippen LogP contribution in [0.25, 0.3) is 0 Å². The predicted octanol–water partition coefficient (Wildman–Crippen LogP) is 1.96. The average molecular weight is 257 g/mol. The highest BCUT2D eigenvalue weighted by Gasteiger charge is 2.34. The minimum atomic E-state index is -5.09. The zero-order valence-electron chi connectivity index (χ0n) is 8.26. The first kappa shape index (κ1) is 13.4. The lowest BCUT2D eigenvalue weighted by Crippen LogP contribution is -2.20.